The quantitative estimate of drug-likeness (QED) is 0.879. The number of halogens is 1. The van der Waals surface area contributed by atoms with E-state index in [4.69, 9.17) is 11.6 Å². The predicted octanol–water partition coefficient (Wildman–Crippen LogP) is 2.16. The van der Waals surface area contributed by atoms with E-state index in [2.05, 4.69) is 5.32 Å². The van der Waals surface area contributed by atoms with Crippen LogP contribution in [0.4, 0.5) is 0 Å². The van der Waals surface area contributed by atoms with E-state index >= 15 is 0 Å². The first-order valence-corrected chi connectivity index (χ1v) is 9.96. The van der Waals surface area contributed by atoms with Gasteiger partial charge in [0.15, 0.2) is 0 Å². The molecule has 1 aliphatic carbocycles. The first-order chi connectivity index (χ1) is 11.0. The van der Waals surface area contributed by atoms with Crippen molar-refractivity contribution in [2.24, 2.45) is 5.92 Å². The van der Waals surface area contributed by atoms with Crippen molar-refractivity contribution >= 4 is 27.5 Å². The fraction of sp³-hybridized carbons (Fsp3) is 0.562. The van der Waals surface area contributed by atoms with Crippen molar-refractivity contribution in [3.63, 3.8) is 0 Å². The zero-order valence-corrected chi connectivity index (χ0v) is 14.4. The zero-order chi connectivity index (χ0) is 16.4. The fourth-order valence-electron chi connectivity index (χ4n) is 2.85. The van der Waals surface area contributed by atoms with Crippen LogP contribution in [0.15, 0.2) is 24.3 Å². The maximum Gasteiger partial charge on any atom is 0.223 e. The van der Waals surface area contributed by atoms with E-state index in [9.17, 15) is 13.2 Å². The number of piperidine rings is 1. The molecule has 1 aliphatic heterocycles. The normalized spacial score (nSPS) is 20.4. The molecule has 0 unspecified atom stereocenters. The highest BCUT2D eigenvalue weighted by molar-refractivity contribution is 7.88. The number of hydrogen-bond donors (Lipinski definition) is 1. The minimum atomic E-state index is -3.40. The van der Waals surface area contributed by atoms with E-state index in [1.54, 1.807) is 24.3 Å². The van der Waals surface area contributed by atoms with Crippen LogP contribution in [0.3, 0.4) is 0 Å². The molecule has 126 valence electrons. The van der Waals surface area contributed by atoms with Crippen LogP contribution in [-0.4, -0.2) is 37.8 Å². The molecule has 0 atom stereocenters. The number of sulfonamides is 1. The lowest BCUT2D eigenvalue weighted by Crippen LogP contribution is -2.43. The van der Waals surface area contributed by atoms with Gasteiger partial charge in [0.2, 0.25) is 15.9 Å². The average Bonchev–Trinajstić information content (AvgIpc) is 3.33. The van der Waals surface area contributed by atoms with Crippen LogP contribution in [-0.2, 0) is 20.6 Å². The number of nitrogens with zero attached hydrogens (tertiary/aromatic N) is 1. The van der Waals surface area contributed by atoms with E-state index in [0.717, 1.165) is 12.8 Å². The molecule has 3 rings (SSSR count). The number of hydrogen-bond acceptors (Lipinski definition) is 3. The predicted molar refractivity (Wildman–Crippen MR) is 89.5 cm³/mol. The van der Waals surface area contributed by atoms with Gasteiger partial charge in [-0.25, -0.2) is 12.7 Å². The lowest BCUT2D eigenvalue weighted by atomic mass is 9.97. The van der Waals surface area contributed by atoms with Crippen molar-refractivity contribution in [3.05, 3.63) is 34.9 Å². The SMILES string of the molecule is O=C(NC1CC1)C1CCN(S(=O)(=O)Cc2ccccc2Cl)CC1. The molecule has 7 heteroatoms. The van der Waals surface area contributed by atoms with Crippen LogP contribution in [0.25, 0.3) is 0 Å². The Morgan fingerprint density at radius 1 is 1.17 bits per heavy atom. The van der Waals surface area contributed by atoms with Crippen LogP contribution in [0.1, 0.15) is 31.2 Å². The lowest BCUT2D eigenvalue weighted by Gasteiger charge is -2.30. The molecule has 1 aromatic carbocycles. The summed E-state index contributed by atoms with van der Waals surface area (Å²) in [5.41, 5.74) is 0.614. The van der Waals surface area contributed by atoms with Gasteiger partial charge in [-0.3, -0.25) is 4.79 Å². The second-order valence-corrected chi connectivity index (χ2v) is 8.68. The number of benzene rings is 1. The number of carbonyl (C=O) groups is 1. The van der Waals surface area contributed by atoms with Gasteiger partial charge in [0.25, 0.3) is 0 Å². The van der Waals surface area contributed by atoms with Crippen LogP contribution in [0, 0.1) is 5.92 Å². The van der Waals surface area contributed by atoms with Gasteiger partial charge in [0.1, 0.15) is 0 Å². The first-order valence-electron chi connectivity index (χ1n) is 7.97. The van der Waals surface area contributed by atoms with Crippen LogP contribution in [0.2, 0.25) is 5.02 Å². The fourth-order valence-corrected chi connectivity index (χ4v) is 4.72. The minimum absolute atomic E-state index is 0.0673. The Hall–Kier alpha value is -1.11. The summed E-state index contributed by atoms with van der Waals surface area (Å²) >= 11 is 6.05. The van der Waals surface area contributed by atoms with E-state index in [-0.39, 0.29) is 17.6 Å². The van der Waals surface area contributed by atoms with Crippen LogP contribution in [0.5, 0.6) is 0 Å². The Kier molecular flexibility index (Phi) is 4.94. The third-order valence-electron chi connectivity index (χ3n) is 4.44. The lowest BCUT2D eigenvalue weighted by molar-refractivity contribution is -0.126. The standard InChI is InChI=1S/C16H21ClN2O3S/c17-15-4-2-1-3-13(15)11-23(21,22)19-9-7-12(8-10-19)16(20)18-14-5-6-14/h1-4,12,14H,5-11H2,(H,18,20). The highest BCUT2D eigenvalue weighted by atomic mass is 35.5. The Labute approximate surface area is 142 Å². The maximum absolute atomic E-state index is 12.5. The zero-order valence-electron chi connectivity index (χ0n) is 12.9. The van der Waals surface area contributed by atoms with Crippen molar-refractivity contribution < 1.29 is 13.2 Å². The number of carbonyl (C=O) groups excluding carboxylic acids is 1. The number of nitrogens with one attached hydrogen (secondary N) is 1. The highest BCUT2D eigenvalue weighted by Gasteiger charge is 2.33. The van der Waals surface area contributed by atoms with Gasteiger partial charge in [-0.15, -0.1) is 0 Å². The van der Waals surface area contributed by atoms with Gasteiger partial charge >= 0.3 is 0 Å². The van der Waals surface area contributed by atoms with E-state index < -0.39 is 10.0 Å². The molecule has 1 aromatic rings. The summed E-state index contributed by atoms with van der Waals surface area (Å²) in [4.78, 5) is 12.0. The topological polar surface area (TPSA) is 66.5 Å². The van der Waals surface area contributed by atoms with Crippen LogP contribution >= 0.6 is 11.6 Å². The van der Waals surface area contributed by atoms with E-state index in [1.807, 2.05) is 0 Å². The summed E-state index contributed by atoms with van der Waals surface area (Å²) in [6, 6.07) is 7.34. The van der Waals surface area contributed by atoms with Gasteiger partial charge in [0.05, 0.1) is 5.75 Å². The molecule has 1 N–H and O–H groups in total. The van der Waals surface area contributed by atoms with Crippen molar-refractivity contribution in [2.75, 3.05) is 13.1 Å². The number of amides is 1. The van der Waals surface area contributed by atoms with Crippen LogP contribution < -0.4 is 5.32 Å². The molecule has 0 spiro atoms. The molecule has 1 amide bonds. The van der Waals surface area contributed by atoms with Gasteiger partial charge in [-0.1, -0.05) is 29.8 Å². The molecule has 2 aliphatic rings. The molecule has 0 radical (unpaired) electrons. The van der Waals surface area contributed by atoms with E-state index in [1.165, 1.54) is 4.31 Å². The summed E-state index contributed by atoms with van der Waals surface area (Å²) in [5, 5.41) is 3.47. The summed E-state index contributed by atoms with van der Waals surface area (Å²) in [5.74, 6) is -0.0796. The average molecular weight is 357 g/mol. The van der Waals surface area contributed by atoms with E-state index in [0.29, 0.717) is 42.6 Å². The molecule has 2 fully saturated rings. The molecule has 0 bridgehead atoms. The Bertz CT molecular complexity index is 680. The second kappa shape index (κ2) is 6.79. The van der Waals surface area contributed by atoms with Gasteiger partial charge in [-0.2, -0.15) is 0 Å². The monoisotopic (exact) mass is 356 g/mol. The van der Waals surface area contributed by atoms with Crippen molar-refractivity contribution in [1.29, 1.82) is 0 Å². The van der Waals surface area contributed by atoms with Crippen molar-refractivity contribution in [2.45, 2.75) is 37.5 Å². The summed E-state index contributed by atoms with van der Waals surface area (Å²) in [6.45, 7) is 0.797. The number of rotatable bonds is 5. The van der Waals surface area contributed by atoms with Gasteiger partial charge < -0.3 is 5.32 Å². The molecule has 1 saturated heterocycles. The third kappa shape index (κ3) is 4.25. The maximum atomic E-state index is 12.5. The largest absolute Gasteiger partial charge is 0.353 e. The Morgan fingerprint density at radius 2 is 1.83 bits per heavy atom. The summed E-state index contributed by atoms with van der Waals surface area (Å²) in [7, 11) is -3.40. The molecule has 1 saturated carbocycles. The second-order valence-electron chi connectivity index (χ2n) is 6.30. The van der Waals surface area contributed by atoms with Gasteiger partial charge in [0, 0.05) is 30.1 Å². The minimum Gasteiger partial charge on any atom is -0.353 e. The Morgan fingerprint density at radius 3 is 2.43 bits per heavy atom. The smallest absolute Gasteiger partial charge is 0.223 e. The molecule has 5 nitrogen and oxygen atoms in total. The summed E-state index contributed by atoms with van der Waals surface area (Å²) in [6.07, 6.45) is 3.30. The molecule has 1 heterocycles. The molecular weight excluding hydrogens is 336 g/mol. The Balaban J connectivity index is 1.57. The molecular formula is C16H21ClN2O3S. The third-order valence-corrected chi connectivity index (χ3v) is 6.63. The van der Waals surface area contributed by atoms with Crippen molar-refractivity contribution in [3.8, 4) is 0 Å². The van der Waals surface area contributed by atoms with Crippen molar-refractivity contribution in [1.82, 2.24) is 9.62 Å². The highest BCUT2D eigenvalue weighted by Crippen LogP contribution is 2.25. The molecule has 23 heavy (non-hydrogen) atoms. The first kappa shape index (κ1) is 16.7. The van der Waals surface area contributed by atoms with Gasteiger partial charge in [-0.05, 0) is 37.3 Å². The summed E-state index contributed by atoms with van der Waals surface area (Å²) < 4.78 is 26.6. The molecule has 0 aromatic heterocycles.